The summed E-state index contributed by atoms with van der Waals surface area (Å²) in [4.78, 5) is 5.90. The van der Waals surface area contributed by atoms with Gasteiger partial charge in [0.1, 0.15) is 5.71 Å². The average Bonchev–Trinajstić information content (AvgIpc) is 3.16. The topological polar surface area (TPSA) is 55.7 Å². The van der Waals surface area contributed by atoms with Gasteiger partial charge in [-0.3, -0.25) is 0 Å². The van der Waals surface area contributed by atoms with Crippen LogP contribution >= 0.6 is 0 Å². The van der Waals surface area contributed by atoms with Crippen molar-refractivity contribution < 1.29 is 13.3 Å². The molecule has 0 spiro atoms. The van der Waals surface area contributed by atoms with E-state index < -0.39 is 21.2 Å². The summed E-state index contributed by atoms with van der Waals surface area (Å²) in [6.07, 6.45) is -0.684. The molecule has 3 aromatic carbocycles. The molecule has 130 valence electrons. The first-order chi connectivity index (χ1) is 12.7. The lowest BCUT2D eigenvalue weighted by Gasteiger charge is -2.20. The summed E-state index contributed by atoms with van der Waals surface area (Å²) in [6.45, 7) is 0. The Bertz CT molecular complexity index is 1020. The van der Waals surface area contributed by atoms with E-state index in [1.54, 1.807) is 30.3 Å². The van der Waals surface area contributed by atoms with Crippen molar-refractivity contribution in [1.82, 2.24) is 0 Å². The molecular weight excluding hydrogens is 346 g/mol. The second-order valence-electron chi connectivity index (χ2n) is 6.06. The van der Waals surface area contributed by atoms with Crippen molar-refractivity contribution in [3.63, 3.8) is 0 Å². The van der Waals surface area contributed by atoms with Crippen LogP contribution in [-0.4, -0.2) is 19.4 Å². The molecule has 1 aliphatic heterocycles. The lowest BCUT2D eigenvalue weighted by Crippen LogP contribution is -2.33. The zero-order valence-electron chi connectivity index (χ0n) is 13.9. The molecule has 0 aromatic heterocycles. The van der Waals surface area contributed by atoms with Crippen molar-refractivity contribution in [3.05, 3.63) is 102 Å². The maximum Gasteiger partial charge on any atom is 0.191 e. The second-order valence-corrected chi connectivity index (χ2v) is 8.13. The minimum atomic E-state index is -3.69. The third-order valence-corrected chi connectivity index (χ3v) is 6.48. The van der Waals surface area contributed by atoms with E-state index in [-0.39, 0.29) is 4.90 Å². The summed E-state index contributed by atoms with van der Waals surface area (Å²) >= 11 is 0. The van der Waals surface area contributed by atoms with Gasteiger partial charge >= 0.3 is 0 Å². The normalized spacial score (nSPS) is 19.6. The molecular formula is C21H17NO3S. The van der Waals surface area contributed by atoms with Gasteiger partial charge in [0, 0.05) is 5.56 Å². The standard InChI is InChI=1S/C21H17NO3S/c23-26(24,18-14-8-3-9-15-18)21-19(16-10-4-1-5-11-16)22-25-20(21)17-12-6-2-7-13-17/h1-15,20-21H. The number of rotatable bonds is 4. The highest BCUT2D eigenvalue weighted by atomic mass is 32.2. The van der Waals surface area contributed by atoms with Crippen LogP contribution in [-0.2, 0) is 14.7 Å². The van der Waals surface area contributed by atoms with Crippen LogP contribution in [0.15, 0.2) is 101 Å². The first kappa shape index (κ1) is 16.5. The molecule has 0 amide bonds. The maximum absolute atomic E-state index is 13.4. The Kier molecular flexibility index (Phi) is 4.31. The van der Waals surface area contributed by atoms with Crippen LogP contribution in [0.1, 0.15) is 17.2 Å². The number of nitrogens with zero attached hydrogens (tertiary/aromatic N) is 1. The number of benzene rings is 3. The van der Waals surface area contributed by atoms with E-state index >= 15 is 0 Å². The Balaban J connectivity index is 1.85. The van der Waals surface area contributed by atoms with Crippen molar-refractivity contribution in [2.24, 2.45) is 5.16 Å². The van der Waals surface area contributed by atoms with Crippen LogP contribution < -0.4 is 0 Å². The lowest BCUT2D eigenvalue weighted by molar-refractivity contribution is 0.0871. The second kappa shape index (κ2) is 6.77. The highest BCUT2D eigenvalue weighted by molar-refractivity contribution is 7.93. The van der Waals surface area contributed by atoms with Crippen molar-refractivity contribution >= 4 is 15.5 Å². The highest BCUT2D eigenvalue weighted by Crippen LogP contribution is 2.37. The molecule has 0 fully saturated rings. The molecule has 0 saturated heterocycles. The molecule has 0 N–H and O–H groups in total. The third kappa shape index (κ3) is 2.91. The first-order valence-electron chi connectivity index (χ1n) is 8.31. The van der Waals surface area contributed by atoms with Gasteiger partial charge in [0.25, 0.3) is 0 Å². The van der Waals surface area contributed by atoms with Gasteiger partial charge in [0.05, 0.1) is 4.90 Å². The Morgan fingerprint density at radius 2 is 1.27 bits per heavy atom. The Hall–Kier alpha value is -2.92. The zero-order valence-corrected chi connectivity index (χ0v) is 14.7. The first-order valence-corrected chi connectivity index (χ1v) is 9.85. The van der Waals surface area contributed by atoms with E-state index in [1.807, 2.05) is 60.7 Å². The third-order valence-electron chi connectivity index (χ3n) is 4.41. The lowest BCUT2D eigenvalue weighted by atomic mass is 10.00. The van der Waals surface area contributed by atoms with Gasteiger partial charge in [0.15, 0.2) is 21.2 Å². The molecule has 0 aliphatic carbocycles. The van der Waals surface area contributed by atoms with Gasteiger partial charge in [0.2, 0.25) is 0 Å². The molecule has 1 aliphatic rings. The van der Waals surface area contributed by atoms with E-state index in [2.05, 4.69) is 5.16 Å². The summed E-state index contributed by atoms with van der Waals surface area (Å²) in [7, 11) is -3.69. The van der Waals surface area contributed by atoms with Crippen molar-refractivity contribution in [1.29, 1.82) is 0 Å². The van der Waals surface area contributed by atoms with Crippen LogP contribution in [0, 0.1) is 0 Å². The molecule has 2 atom stereocenters. The number of sulfone groups is 1. The van der Waals surface area contributed by atoms with E-state index in [9.17, 15) is 8.42 Å². The van der Waals surface area contributed by atoms with Crippen LogP contribution in [0.25, 0.3) is 0 Å². The van der Waals surface area contributed by atoms with Gasteiger partial charge in [-0.05, 0) is 17.7 Å². The largest absolute Gasteiger partial charge is 0.385 e. The molecule has 4 rings (SSSR count). The monoisotopic (exact) mass is 363 g/mol. The summed E-state index contributed by atoms with van der Waals surface area (Å²) in [6, 6.07) is 27.1. The predicted octanol–water partition coefficient (Wildman–Crippen LogP) is 4.00. The average molecular weight is 363 g/mol. The molecule has 3 aromatic rings. The quantitative estimate of drug-likeness (QED) is 0.704. The van der Waals surface area contributed by atoms with Gasteiger partial charge in [-0.2, -0.15) is 0 Å². The molecule has 0 radical (unpaired) electrons. The molecule has 0 bridgehead atoms. The van der Waals surface area contributed by atoms with Crippen molar-refractivity contribution in [2.75, 3.05) is 0 Å². The minimum absolute atomic E-state index is 0.264. The molecule has 5 heteroatoms. The molecule has 1 heterocycles. The van der Waals surface area contributed by atoms with Crippen LogP contribution in [0.4, 0.5) is 0 Å². The zero-order chi connectivity index (χ0) is 18.0. The summed E-state index contributed by atoms with van der Waals surface area (Å²) in [5, 5.41) is 3.27. The van der Waals surface area contributed by atoms with E-state index in [1.165, 1.54) is 0 Å². The fourth-order valence-electron chi connectivity index (χ4n) is 3.13. The fourth-order valence-corrected chi connectivity index (χ4v) is 4.97. The Morgan fingerprint density at radius 3 is 1.88 bits per heavy atom. The number of oxime groups is 1. The highest BCUT2D eigenvalue weighted by Gasteiger charge is 2.45. The summed E-state index contributed by atoms with van der Waals surface area (Å²) in [5.41, 5.74) is 1.96. The maximum atomic E-state index is 13.4. The van der Waals surface area contributed by atoms with Crippen molar-refractivity contribution in [3.8, 4) is 0 Å². The van der Waals surface area contributed by atoms with E-state index in [0.29, 0.717) is 5.71 Å². The van der Waals surface area contributed by atoms with Crippen LogP contribution in [0.2, 0.25) is 0 Å². The van der Waals surface area contributed by atoms with E-state index in [0.717, 1.165) is 11.1 Å². The molecule has 0 saturated carbocycles. The summed E-state index contributed by atoms with van der Waals surface area (Å²) in [5.74, 6) is 0. The summed E-state index contributed by atoms with van der Waals surface area (Å²) < 4.78 is 26.9. The number of hydrogen-bond donors (Lipinski definition) is 0. The van der Waals surface area contributed by atoms with Crippen LogP contribution in [0.5, 0.6) is 0 Å². The molecule has 4 nitrogen and oxygen atoms in total. The Labute approximate surface area is 152 Å². The van der Waals surface area contributed by atoms with Gasteiger partial charge in [-0.25, -0.2) is 8.42 Å². The fraction of sp³-hybridized carbons (Fsp3) is 0.0952. The van der Waals surface area contributed by atoms with Gasteiger partial charge < -0.3 is 4.84 Å². The SMILES string of the molecule is O=S(=O)(c1ccccc1)C1C(c2ccccc2)=NOC1c1ccccc1. The van der Waals surface area contributed by atoms with Gasteiger partial charge in [-0.1, -0.05) is 84.0 Å². The molecule has 26 heavy (non-hydrogen) atoms. The van der Waals surface area contributed by atoms with Crippen LogP contribution in [0.3, 0.4) is 0 Å². The van der Waals surface area contributed by atoms with E-state index in [4.69, 9.17) is 4.84 Å². The van der Waals surface area contributed by atoms with Crippen molar-refractivity contribution in [2.45, 2.75) is 16.2 Å². The number of hydrogen-bond acceptors (Lipinski definition) is 4. The predicted molar refractivity (Wildman–Crippen MR) is 101 cm³/mol. The Morgan fingerprint density at radius 1 is 0.731 bits per heavy atom. The minimum Gasteiger partial charge on any atom is -0.385 e. The van der Waals surface area contributed by atoms with Gasteiger partial charge in [-0.15, -0.1) is 0 Å². The molecule has 2 unspecified atom stereocenters. The smallest absolute Gasteiger partial charge is 0.191 e.